The minimum atomic E-state index is -0.718. The van der Waals surface area contributed by atoms with Crippen molar-refractivity contribution in [2.24, 2.45) is 5.92 Å². The third-order valence-corrected chi connectivity index (χ3v) is 9.32. The molecule has 0 N–H and O–H groups in total. The van der Waals surface area contributed by atoms with Crippen LogP contribution < -0.4 is 9.80 Å². The molecule has 1 aliphatic carbocycles. The summed E-state index contributed by atoms with van der Waals surface area (Å²) in [6.45, 7) is 12.5. The highest BCUT2D eigenvalue weighted by atomic mass is 35.5. The second kappa shape index (κ2) is 16.1. The molecular formula is C41H52ClN3O6. The van der Waals surface area contributed by atoms with Crippen LogP contribution in [0.1, 0.15) is 78.7 Å². The Bertz CT molecular complexity index is 1680. The van der Waals surface area contributed by atoms with Gasteiger partial charge in [-0.15, -0.1) is 0 Å². The average molecular weight is 718 g/mol. The average Bonchev–Trinajstić information content (AvgIpc) is 3.91. The predicted octanol–water partition coefficient (Wildman–Crippen LogP) is 9.32. The summed E-state index contributed by atoms with van der Waals surface area (Å²) in [5.74, 6) is -0.752. The van der Waals surface area contributed by atoms with Crippen molar-refractivity contribution in [3.05, 3.63) is 83.4 Å². The normalized spacial score (nSPS) is 17.8. The molecule has 1 aliphatic heterocycles. The molecule has 3 aromatic carbocycles. The Morgan fingerprint density at radius 2 is 1.53 bits per heavy atom. The second-order valence-corrected chi connectivity index (χ2v) is 15.9. The highest BCUT2D eigenvalue weighted by Crippen LogP contribution is 2.42. The van der Waals surface area contributed by atoms with Gasteiger partial charge in [-0.1, -0.05) is 66.2 Å². The number of hydrogen-bond acceptors (Lipinski definition) is 6. The van der Waals surface area contributed by atoms with E-state index in [-0.39, 0.29) is 24.4 Å². The lowest BCUT2D eigenvalue weighted by molar-refractivity contribution is -0.124. The number of ether oxygens (including phenoxy) is 3. The Morgan fingerprint density at radius 1 is 0.843 bits per heavy atom. The first kappa shape index (κ1) is 38.2. The number of benzene rings is 3. The maximum absolute atomic E-state index is 15.1. The number of carbonyl (C=O) groups is 3. The van der Waals surface area contributed by atoms with E-state index in [0.29, 0.717) is 48.9 Å². The standard InChI is InChI=1S/C41H52ClN3O6/c1-40(2,3)50-38(47)43-23-21-33(30-16-11-15-29(25-30)28-13-9-8-10-14-28)34(27-43)37(46)45(31-17-18-31)32-19-20-35(42)36(26-32)44(22-12-24-49-7)39(48)51-41(4,5)6/h8-11,13-16,19-20,25-26,31,33-34H,12,17-18,21-24,27H2,1-7H3/t33-,34+/m1/s1. The van der Waals surface area contributed by atoms with Gasteiger partial charge in [0.2, 0.25) is 5.91 Å². The minimum absolute atomic E-state index is 0.0109. The molecule has 1 heterocycles. The van der Waals surface area contributed by atoms with Crippen LogP contribution in [-0.4, -0.2) is 73.6 Å². The summed E-state index contributed by atoms with van der Waals surface area (Å²) in [5.41, 5.74) is 2.95. The fourth-order valence-electron chi connectivity index (χ4n) is 6.55. The molecule has 1 saturated heterocycles. The van der Waals surface area contributed by atoms with E-state index in [1.54, 1.807) is 18.1 Å². The molecule has 2 fully saturated rings. The largest absolute Gasteiger partial charge is 0.444 e. The number of carbonyl (C=O) groups excluding carboxylic acids is 3. The summed E-state index contributed by atoms with van der Waals surface area (Å²) in [7, 11) is 1.62. The summed E-state index contributed by atoms with van der Waals surface area (Å²) in [5, 5.41) is 0.370. The number of likely N-dealkylation sites (tertiary alicyclic amines) is 1. The van der Waals surface area contributed by atoms with Crippen LogP contribution in [0.5, 0.6) is 0 Å². The number of halogens is 1. The van der Waals surface area contributed by atoms with Crippen LogP contribution in [-0.2, 0) is 19.0 Å². The molecule has 3 aromatic rings. The molecule has 0 aromatic heterocycles. The molecule has 2 atom stereocenters. The first-order chi connectivity index (χ1) is 24.1. The van der Waals surface area contributed by atoms with Crippen LogP contribution in [0.2, 0.25) is 5.02 Å². The fraction of sp³-hybridized carbons (Fsp3) is 0.488. The van der Waals surface area contributed by atoms with E-state index in [2.05, 4.69) is 30.3 Å². The monoisotopic (exact) mass is 717 g/mol. The quantitative estimate of drug-likeness (QED) is 0.194. The van der Waals surface area contributed by atoms with Crippen LogP contribution in [0.15, 0.2) is 72.8 Å². The van der Waals surface area contributed by atoms with Gasteiger partial charge >= 0.3 is 12.2 Å². The van der Waals surface area contributed by atoms with Gasteiger partial charge < -0.3 is 24.0 Å². The van der Waals surface area contributed by atoms with Crippen molar-refractivity contribution in [2.45, 2.75) is 90.4 Å². The highest BCUT2D eigenvalue weighted by Gasteiger charge is 2.44. The number of hydrogen-bond donors (Lipinski definition) is 0. The van der Waals surface area contributed by atoms with Gasteiger partial charge in [-0.25, -0.2) is 9.59 Å². The van der Waals surface area contributed by atoms with Gasteiger partial charge in [0, 0.05) is 45.1 Å². The molecule has 2 aliphatic rings. The minimum Gasteiger partial charge on any atom is -0.444 e. The molecule has 0 radical (unpaired) electrons. The molecule has 0 bridgehead atoms. The van der Waals surface area contributed by atoms with E-state index in [1.165, 1.54) is 4.90 Å². The smallest absolute Gasteiger partial charge is 0.414 e. The molecule has 9 nitrogen and oxygen atoms in total. The van der Waals surface area contributed by atoms with E-state index >= 15 is 4.79 Å². The first-order valence-electron chi connectivity index (χ1n) is 17.9. The topological polar surface area (TPSA) is 88.6 Å². The third-order valence-electron chi connectivity index (χ3n) is 9.00. The van der Waals surface area contributed by atoms with Gasteiger partial charge in [-0.2, -0.15) is 0 Å². The summed E-state index contributed by atoms with van der Waals surface area (Å²) in [6.07, 6.45) is 1.92. The van der Waals surface area contributed by atoms with Crippen molar-refractivity contribution in [3.63, 3.8) is 0 Å². The SMILES string of the molecule is COCCCN(C(=O)OC(C)(C)C)c1cc(N(C(=O)[C@H]2CN(C(=O)OC(C)(C)C)CC[C@@H]2c2cccc(-c3ccccc3)c2)C2CC2)ccc1Cl. The molecule has 1 saturated carbocycles. The Morgan fingerprint density at radius 3 is 2.18 bits per heavy atom. The summed E-state index contributed by atoms with van der Waals surface area (Å²) in [6, 6.07) is 23.9. The van der Waals surface area contributed by atoms with Crippen LogP contribution in [0.3, 0.4) is 0 Å². The van der Waals surface area contributed by atoms with Crippen molar-refractivity contribution < 1.29 is 28.6 Å². The Hall–Kier alpha value is -4.08. The van der Waals surface area contributed by atoms with Gasteiger partial charge in [0.25, 0.3) is 0 Å². The molecule has 5 rings (SSSR count). The molecule has 274 valence electrons. The third kappa shape index (κ3) is 10.0. The zero-order valence-corrected chi connectivity index (χ0v) is 31.7. The summed E-state index contributed by atoms with van der Waals surface area (Å²) in [4.78, 5) is 47.0. The lowest BCUT2D eigenvalue weighted by Gasteiger charge is -2.40. The van der Waals surface area contributed by atoms with Crippen molar-refractivity contribution in [1.29, 1.82) is 0 Å². The Kier molecular flexibility index (Phi) is 12.0. The van der Waals surface area contributed by atoms with Gasteiger partial charge in [-0.05, 0) is 108 Å². The maximum atomic E-state index is 15.1. The number of rotatable bonds is 10. The molecule has 0 spiro atoms. The zero-order chi connectivity index (χ0) is 36.9. The first-order valence-corrected chi connectivity index (χ1v) is 18.3. The highest BCUT2D eigenvalue weighted by molar-refractivity contribution is 6.34. The van der Waals surface area contributed by atoms with Crippen molar-refractivity contribution in [3.8, 4) is 11.1 Å². The number of piperidine rings is 1. The molecule has 3 amide bonds. The van der Waals surface area contributed by atoms with Gasteiger partial charge in [-0.3, -0.25) is 9.69 Å². The van der Waals surface area contributed by atoms with Crippen molar-refractivity contribution in [2.75, 3.05) is 43.2 Å². The van der Waals surface area contributed by atoms with Gasteiger partial charge in [0.05, 0.1) is 16.6 Å². The van der Waals surface area contributed by atoms with E-state index in [4.69, 9.17) is 25.8 Å². The van der Waals surface area contributed by atoms with E-state index < -0.39 is 29.3 Å². The molecular weight excluding hydrogens is 666 g/mol. The maximum Gasteiger partial charge on any atom is 0.414 e. The van der Waals surface area contributed by atoms with Crippen molar-refractivity contribution >= 4 is 41.1 Å². The fourth-order valence-corrected chi connectivity index (χ4v) is 6.77. The molecule has 10 heteroatoms. The lowest BCUT2D eigenvalue weighted by Crippen LogP contribution is -2.51. The van der Waals surface area contributed by atoms with Crippen LogP contribution >= 0.6 is 11.6 Å². The van der Waals surface area contributed by atoms with Gasteiger partial charge in [0.15, 0.2) is 0 Å². The predicted molar refractivity (Wildman–Crippen MR) is 203 cm³/mol. The number of nitrogens with zero attached hydrogens (tertiary/aromatic N) is 3. The summed E-state index contributed by atoms with van der Waals surface area (Å²) >= 11 is 6.78. The molecule has 0 unspecified atom stereocenters. The van der Waals surface area contributed by atoms with E-state index in [1.807, 2.05) is 82.8 Å². The lowest BCUT2D eigenvalue weighted by atomic mass is 9.79. The van der Waals surface area contributed by atoms with Crippen LogP contribution in [0, 0.1) is 5.92 Å². The summed E-state index contributed by atoms with van der Waals surface area (Å²) < 4.78 is 16.8. The zero-order valence-electron chi connectivity index (χ0n) is 31.0. The number of methoxy groups -OCH3 is 1. The van der Waals surface area contributed by atoms with E-state index in [0.717, 1.165) is 29.5 Å². The Balaban J connectivity index is 1.52. The van der Waals surface area contributed by atoms with Crippen molar-refractivity contribution in [1.82, 2.24) is 4.90 Å². The number of amides is 3. The van der Waals surface area contributed by atoms with Gasteiger partial charge in [0.1, 0.15) is 11.2 Å². The second-order valence-electron chi connectivity index (χ2n) is 15.5. The molecule has 51 heavy (non-hydrogen) atoms. The van der Waals surface area contributed by atoms with Crippen LogP contribution in [0.25, 0.3) is 11.1 Å². The van der Waals surface area contributed by atoms with Crippen LogP contribution in [0.4, 0.5) is 21.0 Å². The van der Waals surface area contributed by atoms with E-state index in [9.17, 15) is 9.59 Å². The number of anilines is 2. The Labute approximate surface area is 307 Å².